The third kappa shape index (κ3) is 3.41. The molecule has 0 saturated carbocycles. The zero-order chi connectivity index (χ0) is 16.1. The second kappa shape index (κ2) is 6.71. The first kappa shape index (κ1) is 15.5. The van der Waals surface area contributed by atoms with Crippen LogP contribution in [0.15, 0.2) is 42.6 Å². The van der Waals surface area contributed by atoms with Gasteiger partial charge in [0, 0.05) is 26.0 Å². The molecule has 1 N–H and O–H groups in total. The topological polar surface area (TPSA) is 71.5 Å². The molecule has 2 aromatic rings. The number of hydrogen-bond donors (Lipinski definition) is 1. The van der Waals surface area contributed by atoms with Gasteiger partial charge in [-0.1, -0.05) is 6.07 Å². The molecule has 0 spiro atoms. The van der Waals surface area contributed by atoms with Crippen LogP contribution in [-0.2, 0) is 4.74 Å². The molecule has 0 atom stereocenters. The number of esters is 1. The van der Waals surface area contributed by atoms with Crippen molar-refractivity contribution in [2.75, 3.05) is 31.4 Å². The summed E-state index contributed by atoms with van der Waals surface area (Å²) >= 11 is 0. The maximum absolute atomic E-state index is 12.4. The Bertz CT molecular complexity index is 699. The molecular formula is C16H17N3O3. The van der Waals surface area contributed by atoms with Gasteiger partial charge in [-0.15, -0.1) is 0 Å². The lowest BCUT2D eigenvalue weighted by Crippen LogP contribution is -2.19. The molecule has 22 heavy (non-hydrogen) atoms. The predicted octanol–water partition coefficient (Wildman–Crippen LogP) is 2.19. The average molecular weight is 299 g/mol. The van der Waals surface area contributed by atoms with E-state index in [9.17, 15) is 9.59 Å². The van der Waals surface area contributed by atoms with Crippen LogP contribution in [0.4, 0.5) is 11.5 Å². The van der Waals surface area contributed by atoms with Crippen LogP contribution in [0.5, 0.6) is 0 Å². The van der Waals surface area contributed by atoms with Crippen LogP contribution in [0, 0.1) is 0 Å². The Balaban J connectivity index is 2.25. The normalized spacial score (nSPS) is 9.95. The number of methoxy groups -OCH3 is 1. The van der Waals surface area contributed by atoms with Crippen molar-refractivity contribution in [3.63, 3.8) is 0 Å². The first-order valence-corrected chi connectivity index (χ1v) is 6.65. The fourth-order valence-corrected chi connectivity index (χ4v) is 1.97. The molecule has 2 rings (SSSR count). The Hall–Kier alpha value is -2.89. The molecular weight excluding hydrogens is 282 g/mol. The number of aromatic nitrogens is 1. The number of nitrogens with one attached hydrogen (secondary N) is 1. The first-order chi connectivity index (χ1) is 10.5. The molecule has 0 radical (unpaired) electrons. The molecule has 0 aliphatic rings. The fraction of sp³-hybridized carbons (Fsp3) is 0.188. The van der Waals surface area contributed by atoms with Crippen molar-refractivity contribution in [3.05, 3.63) is 53.7 Å². The minimum Gasteiger partial charge on any atom is -0.465 e. The van der Waals surface area contributed by atoms with Crippen LogP contribution in [0.1, 0.15) is 20.7 Å². The summed E-state index contributed by atoms with van der Waals surface area (Å²) in [5, 5.41) is 2.76. The lowest BCUT2D eigenvalue weighted by atomic mass is 10.2. The monoisotopic (exact) mass is 299 g/mol. The van der Waals surface area contributed by atoms with Gasteiger partial charge in [-0.25, -0.2) is 9.78 Å². The number of ether oxygens (including phenoxy) is 1. The van der Waals surface area contributed by atoms with Gasteiger partial charge < -0.3 is 15.0 Å². The second-order valence-electron chi connectivity index (χ2n) is 4.80. The highest BCUT2D eigenvalue weighted by atomic mass is 16.5. The summed E-state index contributed by atoms with van der Waals surface area (Å²) < 4.78 is 4.66. The lowest BCUT2D eigenvalue weighted by molar-refractivity contribution is 0.0600. The van der Waals surface area contributed by atoms with E-state index in [0.29, 0.717) is 22.6 Å². The zero-order valence-corrected chi connectivity index (χ0v) is 12.7. The second-order valence-corrected chi connectivity index (χ2v) is 4.80. The van der Waals surface area contributed by atoms with Crippen LogP contribution in [0.3, 0.4) is 0 Å². The Morgan fingerprint density at radius 1 is 1.18 bits per heavy atom. The Labute approximate surface area is 128 Å². The van der Waals surface area contributed by atoms with Crippen molar-refractivity contribution >= 4 is 23.4 Å². The van der Waals surface area contributed by atoms with Gasteiger partial charge >= 0.3 is 5.97 Å². The van der Waals surface area contributed by atoms with Gasteiger partial charge in [-0.3, -0.25) is 4.79 Å². The molecule has 1 aromatic heterocycles. The number of amides is 1. The highest BCUT2D eigenvalue weighted by molar-refractivity contribution is 6.07. The number of hydrogen-bond acceptors (Lipinski definition) is 5. The third-order valence-corrected chi connectivity index (χ3v) is 3.00. The van der Waals surface area contributed by atoms with E-state index in [1.807, 2.05) is 14.1 Å². The summed E-state index contributed by atoms with van der Waals surface area (Å²) in [6.45, 7) is 0. The molecule has 6 heteroatoms. The summed E-state index contributed by atoms with van der Waals surface area (Å²) in [6.07, 6.45) is 1.63. The van der Waals surface area contributed by atoms with Crippen molar-refractivity contribution in [1.29, 1.82) is 0 Å². The molecule has 114 valence electrons. The largest absolute Gasteiger partial charge is 0.465 e. The summed E-state index contributed by atoms with van der Waals surface area (Å²) in [5.41, 5.74) is 1.34. The van der Waals surface area contributed by atoms with E-state index in [-0.39, 0.29) is 5.91 Å². The van der Waals surface area contributed by atoms with Gasteiger partial charge in [0.05, 0.1) is 18.2 Å². The van der Waals surface area contributed by atoms with Crippen molar-refractivity contribution in [3.8, 4) is 0 Å². The quantitative estimate of drug-likeness (QED) is 0.876. The molecule has 0 aliphatic carbocycles. The molecule has 0 saturated heterocycles. The molecule has 0 aliphatic heterocycles. The number of pyridine rings is 1. The molecule has 1 heterocycles. The number of rotatable bonds is 4. The van der Waals surface area contributed by atoms with E-state index in [0.717, 1.165) is 0 Å². The molecule has 1 aromatic carbocycles. The molecule has 1 amide bonds. The van der Waals surface area contributed by atoms with Crippen molar-refractivity contribution < 1.29 is 14.3 Å². The Morgan fingerprint density at radius 2 is 1.95 bits per heavy atom. The number of anilines is 2. The maximum Gasteiger partial charge on any atom is 0.337 e. The fourth-order valence-electron chi connectivity index (χ4n) is 1.97. The van der Waals surface area contributed by atoms with Gasteiger partial charge in [0.25, 0.3) is 5.91 Å². The lowest BCUT2D eigenvalue weighted by Gasteiger charge is -2.15. The minimum atomic E-state index is -0.452. The maximum atomic E-state index is 12.4. The van der Waals surface area contributed by atoms with Crippen LogP contribution >= 0.6 is 0 Å². The van der Waals surface area contributed by atoms with E-state index in [2.05, 4.69) is 15.0 Å². The third-order valence-electron chi connectivity index (χ3n) is 3.00. The molecule has 6 nitrogen and oxygen atoms in total. The first-order valence-electron chi connectivity index (χ1n) is 6.65. The Morgan fingerprint density at radius 3 is 2.64 bits per heavy atom. The predicted molar refractivity (Wildman–Crippen MR) is 84.3 cm³/mol. The number of nitrogens with zero attached hydrogens (tertiary/aromatic N) is 2. The van der Waals surface area contributed by atoms with E-state index >= 15 is 0 Å². The molecule has 0 bridgehead atoms. The SMILES string of the molecule is COC(=O)c1cccc(NC(=O)c2cccnc2N(C)C)c1. The zero-order valence-electron chi connectivity index (χ0n) is 12.7. The molecule has 0 fully saturated rings. The van der Waals surface area contributed by atoms with Gasteiger partial charge in [-0.2, -0.15) is 0 Å². The van der Waals surface area contributed by atoms with E-state index in [4.69, 9.17) is 0 Å². The minimum absolute atomic E-state index is 0.293. The van der Waals surface area contributed by atoms with Gasteiger partial charge in [0.1, 0.15) is 5.82 Å². The number of carbonyl (C=O) groups excluding carboxylic acids is 2. The van der Waals surface area contributed by atoms with Gasteiger partial charge in [0.2, 0.25) is 0 Å². The van der Waals surface area contributed by atoms with E-state index < -0.39 is 5.97 Å². The van der Waals surface area contributed by atoms with Crippen molar-refractivity contribution in [1.82, 2.24) is 4.98 Å². The highest BCUT2D eigenvalue weighted by Gasteiger charge is 2.14. The number of benzene rings is 1. The van der Waals surface area contributed by atoms with E-state index in [1.165, 1.54) is 7.11 Å². The number of carbonyl (C=O) groups is 2. The van der Waals surface area contributed by atoms with Crippen LogP contribution in [0.2, 0.25) is 0 Å². The van der Waals surface area contributed by atoms with Gasteiger partial charge in [0.15, 0.2) is 0 Å². The van der Waals surface area contributed by atoms with Gasteiger partial charge in [-0.05, 0) is 30.3 Å². The summed E-state index contributed by atoms with van der Waals surface area (Å²) in [4.78, 5) is 29.9. The summed E-state index contributed by atoms with van der Waals surface area (Å²) in [7, 11) is 4.95. The smallest absolute Gasteiger partial charge is 0.337 e. The molecule has 0 unspecified atom stereocenters. The van der Waals surface area contributed by atoms with Crippen LogP contribution < -0.4 is 10.2 Å². The highest BCUT2D eigenvalue weighted by Crippen LogP contribution is 2.18. The average Bonchev–Trinajstić information content (AvgIpc) is 2.54. The standard InChI is InChI=1S/C16H17N3O3/c1-19(2)14-13(8-5-9-17-14)15(20)18-12-7-4-6-11(10-12)16(21)22-3/h4-10H,1-3H3,(H,18,20). The van der Waals surface area contributed by atoms with Crippen LogP contribution in [0.25, 0.3) is 0 Å². The van der Waals surface area contributed by atoms with Crippen molar-refractivity contribution in [2.24, 2.45) is 0 Å². The van der Waals surface area contributed by atoms with Crippen LogP contribution in [-0.4, -0.2) is 38.1 Å². The van der Waals surface area contributed by atoms with Crippen molar-refractivity contribution in [2.45, 2.75) is 0 Å². The van der Waals surface area contributed by atoms with E-state index in [1.54, 1.807) is 47.5 Å². The Kier molecular flexibility index (Phi) is 4.73. The summed E-state index contributed by atoms with van der Waals surface area (Å²) in [6, 6.07) is 9.97. The summed E-state index contributed by atoms with van der Waals surface area (Å²) in [5.74, 6) is -0.172.